The van der Waals surface area contributed by atoms with E-state index in [1.165, 1.54) is 0 Å². The Labute approximate surface area is 111 Å². The van der Waals surface area contributed by atoms with Gasteiger partial charge < -0.3 is 19.9 Å². The van der Waals surface area contributed by atoms with Crippen LogP contribution in [0, 0.1) is 0 Å². The molecule has 1 aromatic carbocycles. The Hall–Kier alpha value is -2.50. The minimum atomic E-state index is 0.503. The highest BCUT2D eigenvalue weighted by molar-refractivity contribution is 5.72. The van der Waals surface area contributed by atoms with Gasteiger partial charge >= 0.3 is 0 Å². The fraction of sp³-hybridized carbons (Fsp3) is 0.231. The van der Waals surface area contributed by atoms with E-state index in [1.807, 2.05) is 6.07 Å². The van der Waals surface area contributed by atoms with Gasteiger partial charge in [0.15, 0.2) is 17.3 Å². The van der Waals surface area contributed by atoms with Gasteiger partial charge in [0.2, 0.25) is 5.75 Å². The van der Waals surface area contributed by atoms with Crippen molar-refractivity contribution in [1.82, 2.24) is 9.97 Å². The van der Waals surface area contributed by atoms with E-state index in [0.717, 1.165) is 0 Å². The van der Waals surface area contributed by atoms with Crippen LogP contribution in [-0.2, 0) is 0 Å². The highest BCUT2D eigenvalue weighted by atomic mass is 16.5. The molecular formula is C13H15N3O3. The summed E-state index contributed by atoms with van der Waals surface area (Å²) in [6, 6.07) is 3.59. The molecule has 19 heavy (non-hydrogen) atoms. The number of anilines is 1. The number of nitrogens with two attached hydrogens (primary N) is 1. The summed E-state index contributed by atoms with van der Waals surface area (Å²) in [4.78, 5) is 8.35. The highest BCUT2D eigenvalue weighted by Gasteiger charge is 2.18. The van der Waals surface area contributed by atoms with Crippen LogP contribution in [0.25, 0.3) is 11.4 Å². The van der Waals surface area contributed by atoms with Crippen LogP contribution in [-0.4, -0.2) is 31.3 Å². The Morgan fingerprint density at radius 3 is 2.05 bits per heavy atom. The van der Waals surface area contributed by atoms with Gasteiger partial charge in [-0.2, -0.15) is 0 Å². The minimum absolute atomic E-state index is 0.503. The van der Waals surface area contributed by atoms with Gasteiger partial charge in [0.05, 0.1) is 45.0 Å². The van der Waals surface area contributed by atoms with E-state index in [2.05, 4.69) is 9.97 Å². The van der Waals surface area contributed by atoms with Crippen LogP contribution in [0.2, 0.25) is 0 Å². The summed E-state index contributed by atoms with van der Waals surface area (Å²) in [6.45, 7) is 0. The van der Waals surface area contributed by atoms with E-state index in [-0.39, 0.29) is 0 Å². The van der Waals surface area contributed by atoms with E-state index in [4.69, 9.17) is 19.9 Å². The van der Waals surface area contributed by atoms with Gasteiger partial charge in [-0.15, -0.1) is 0 Å². The number of aromatic nitrogens is 2. The first-order valence-corrected chi connectivity index (χ1v) is 5.58. The molecule has 0 spiro atoms. The fourth-order valence-electron chi connectivity index (χ4n) is 1.75. The van der Waals surface area contributed by atoms with Gasteiger partial charge in [-0.05, 0) is 12.1 Å². The molecule has 6 nitrogen and oxygen atoms in total. The molecule has 0 aliphatic heterocycles. The van der Waals surface area contributed by atoms with Crippen molar-refractivity contribution >= 4 is 5.69 Å². The topological polar surface area (TPSA) is 79.5 Å². The molecular weight excluding hydrogens is 246 g/mol. The van der Waals surface area contributed by atoms with Gasteiger partial charge in [0.25, 0.3) is 0 Å². The molecule has 1 heterocycles. The zero-order chi connectivity index (χ0) is 13.8. The second-order valence-corrected chi connectivity index (χ2v) is 3.72. The first kappa shape index (κ1) is 12.9. The van der Waals surface area contributed by atoms with Crippen LogP contribution in [0.1, 0.15) is 0 Å². The van der Waals surface area contributed by atoms with Crippen molar-refractivity contribution in [2.45, 2.75) is 0 Å². The van der Waals surface area contributed by atoms with Crippen molar-refractivity contribution in [3.8, 4) is 28.6 Å². The molecule has 0 aliphatic rings. The summed E-state index contributed by atoms with van der Waals surface area (Å²) in [5, 5.41) is 0. The van der Waals surface area contributed by atoms with Crippen molar-refractivity contribution in [3.05, 3.63) is 24.5 Å². The molecule has 2 rings (SSSR count). The lowest BCUT2D eigenvalue weighted by Crippen LogP contribution is -1.99. The molecule has 0 aliphatic carbocycles. The number of hydrogen-bond acceptors (Lipinski definition) is 6. The maximum absolute atomic E-state index is 5.58. The maximum Gasteiger partial charge on any atom is 0.204 e. The fourth-order valence-corrected chi connectivity index (χ4v) is 1.75. The largest absolute Gasteiger partial charge is 0.493 e. The SMILES string of the molecule is COc1ccc(-c2ncc(N)cn2)c(OC)c1OC. The summed E-state index contributed by atoms with van der Waals surface area (Å²) < 4.78 is 15.9. The number of nitrogen functional groups attached to an aromatic ring is 1. The minimum Gasteiger partial charge on any atom is -0.493 e. The summed E-state index contributed by atoms with van der Waals surface area (Å²) in [5.41, 5.74) is 6.79. The standard InChI is InChI=1S/C13H15N3O3/c1-17-10-5-4-9(11(18-2)12(10)19-3)13-15-6-8(14)7-16-13/h4-7H,14H2,1-3H3. The molecule has 0 bridgehead atoms. The van der Waals surface area contributed by atoms with Crippen LogP contribution in [0.15, 0.2) is 24.5 Å². The molecule has 1 aromatic heterocycles. The van der Waals surface area contributed by atoms with Gasteiger partial charge in [0.1, 0.15) is 0 Å². The van der Waals surface area contributed by atoms with Crippen molar-refractivity contribution in [1.29, 1.82) is 0 Å². The average Bonchev–Trinajstić information content (AvgIpc) is 2.46. The summed E-state index contributed by atoms with van der Waals surface area (Å²) >= 11 is 0. The van der Waals surface area contributed by atoms with Crippen molar-refractivity contribution < 1.29 is 14.2 Å². The Balaban J connectivity index is 2.60. The summed E-state index contributed by atoms with van der Waals surface area (Å²) in [7, 11) is 4.67. The molecule has 0 radical (unpaired) electrons. The predicted molar refractivity (Wildman–Crippen MR) is 71.5 cm³/mol. The molecule has 0 amide bonds. The normalized spacial score (nSPS) is 10.1. The summed E-state index contributed by atoms with van der Waals surface area (Å²) in [5.74, 6) is 2.11. The van der Waals surface area contributed by atoms with Crippen molar-refractivity contribution in [3.63, 3.8) is 0 Å². The van der Waals surface area contributed by atoms with Gasteiger partial charge in [-0.25, -0.2) is 9.97 Å². The average molecular weight is 261 g/mol. The number of nitrogens with zero attached hydrogens (tertiary/aromatic N) is 2. The van der Waals surface area contributed by atoms with E-state index < -0.39 is 0 Å². The van der Waals surface area contributed by atoms with Crippen molar-refractivity contribution in [2.24, 2.45) is 0 Å². The first-order chi connectivity index (χ1) is 9.21. The number of benzene rings is 1. The van der Waals surface area contributed by atoms with Crippen molar-refractivity contribution in [2.75, 3.05) is 27.1 Å². The Bertz CT molecular complexity index is 570. The second kappa shape index (κ2) is 5.43. The van der Waals surface area contributed by atoms with Crippen LogP contribution in [0.4, 0.5) is 5.69 Å². The zero-order valence-corrected chi connectivity index (χ0v) is 11.0. The first-order valence-electron chi connectivity index (χ1n) is 5.58. The smallest absolute Gasteiger partial charge is 0.204 e. The van der Waals surface area contributed by atoms with E-state index in [1.54, 1.807) is 39.8 Å². The third kappa shape index (κ3) is 2.37. The molecule has 6 heteroatoms. The molecule has 2 aromatic rings. The van der Waals surface area contributed by atoms with E-state index >= 15 is 0 Å². The second-order valence-electron chi connectivity index (χ2n) is 3.72. The van der Waals surface area contributed by atoms with E-state index in [9.17, 15) is 0 Å². The number of methoxy groups -OCH3 is 3. The Kier molecular flexibility index (Phi) is 3.70. The van der Waals surface area contributed by atoms with Crippen LogP contribution >= 0.6 is 0 Å². The third-order valence-electron chi connectivity index (χ3n) is 2.62. The monoisotopic (exact) mass is 261 g/mol. The van der Waals surface area contributed by atoms with Gasteiger partial charge in [0, 0.05) is 0 Å². The highest BCUT2D eigenvalue weighted by Crippen LogP contribution is 2.43. The Morgan fingerprint density at radius 2 is 1.53 bits per heavy atom. The lowest BCUT2D eigenvalue weighted by Gasteiger charge is -2.14. The van der Waals surface area contributed by atoms with Gasteiger partial charge in [-0.3, -0.25) is 0 Å². The lowest BCUT2D eigenvalue weighted by molar-refractivity contribution is 0.325. The quantitative estimate of drug-likeness (QED) is 0.903. The van der Waals surface area contributed by atoms with Gasteiger partial charge in [-0.1, -0.05) is 0 Å². The zero-order valence-electron chi connectivity index (χ0n) is 11.0. The molecule has 100 valence electrons. The number of ether oxygens (including phenoxy) is 3. The predicted octanol–water partition coefficient (Wildman–Crippen LogP) is 1.75. The van der Waals surface area contributed by atoms with E-state index in [0.29, 0.717) is 34.3 Å². The molecule has 0 unspecified atom stereocenters. The third-order valence-corrected chi connectivity index (χ3v) is 2.62. The lowest BCUT2D eigenvalue weighted by atomic mass is 10.1. The molecule has 0 saturated heterocycles. The van der Waals surface area contributed by atoms with Crippen LogP contribution < -0.4 is 19.9 Å². The maximum atomic E-state index is 5.58. The molecule has 0 fully saturated rings. The summed E-state index contributed by atoms with van der Waals surface area (Å²) in [6.07, 6.45) is 3.08. The molecule has 0 saturated carbocycles. The van der Waals surface area contributed by atoms with Crippen LogP contribution in [0.3, 0.4) is 0 Å². The molecule has 0 atom stereocenters. The Morgan fingerprint density at radius 1 is 0.895 bits per heavy atom. The number of rotatable bonds is 4. The number of hydrogen-bond donors (Lipinski definition) is 1. The van der Waals surface area contributed by atoms with Crippen LogP contribution in [0.5, 0.6) is 17.2 Å². The molecule has 2 N–H and O–H groups in total.